The van der Waals surface area contributed by atoms with Crippen molar-refractivity contribution in [2.45, 2.75) is 25.9 Å². The molecule has 1 aromatic heterocycles. The highest BCUT2D eigenvalue weighted by Crippen LogP contribution is 2.30. The van der Waals surface area contributed by atoms with Gasteiger partial charge in [-0.25, -0.2) is 4.79 Å². The van der Waals surface area contributed by atoms with Crippen LogP contribution in [0.15, 0.2) is 54.7 Å². The summed E-state index contributed by atoms with van der Waals surface area (Å²) in [4.78, 5) is 18.4. The Morgan fingerprint density at radius 1 is 1.13 bits per heavy atom. The number of urea groups is 1. The van der Waals surface area contributed by atoms with Gasteiger partial charge in [0.15, 0.2) is 0 Å². The van der Waals surface area contributed by atoms with Crippen LogP contribution in [0.4, 0.5) is 4.79 Å². The third-order valence-electron chi connectivity index (χ3n) is 5.61. The maximum Gasteiger partial charge on any atom is 0.319 e. The summed E-state index contributed by atoms with van der Waals surface area (Å²) < 4.78 is 11.0. The number of aromatic nitrogens is 1. The first-order valence-electron chi connectivity index (χ1n) is 10.3. The second-order valence-electron chi connectivity index (χ2n) is 7.56. The molecule has 0 bridgehead atoms. The monoisotopic (exact) mass is 405 g/mol. The van der Waals surface area contributed by atoms with E-state index in [2.05, 4.69) is 35.4 Å². The van der Waals surface area contributed by atoms with Crippen molar-refractivity contribution in [2.24, 2.45) is 0 Å². The van der Waals surface area contributed by atoms with E-state index in [4.69, 9.17) is 9.47 Å². The van der Waals surface area contributed by atoms with Crippen LogP contribution in [0.2, 0.25) is 0 Å². The van der Waals surface area contributed by atoms with E-state index in [1.807, 2.05) is 36.5 Å². The molecule has 0 atom stereocenters. The Hall–Kier alpha value is -3.12. The predicted molar refractivity (Wildman–Crippen MR) is 118 cm³/mol. The smallest absolute Gasteiger partial charge is 0.319 e. The van der Waals surface area contributed by atoms with Crippen LogP contribution in [0.25, 0.3) is 22.0 Å². The van der Waals surface area contributed by atoms with E-state index in [1.54, 1.807) is 12.0 Å². The van der Waals surface area contributed by atoms with Crippen molar-refractivity contribution in [1.82, 2.24) is 15.2 Å². The Labute approximate surface area is 176 Å². The highest BCUT2D eigenvalue weighted by atomic mass is 16.5. The van der Waals surface area contributed by atoms with Crippen LogP contribution >= 0.6 is 0 Å². The van der Waals surface area contributed by atoms with Crippen molar-refractivity contribution in [3.63, 3.8) is 0 Å². The number of hydrogen-bond donors (Lipinski definition) is 1. The van der Waals surface area contributed by atoms with Crippen LogP contribution in [0.1, 0.15) is 18.4 Å². The van der Waals surface area contributed by atoms with Crippen molar-refractivity contribution in [1.29, 1.82) is 0 Å². The lowest BCUT2D eigenvalue weighted by molar-refractivity contribution is 0.104. The number of nitrogens with one attached hydrogen (secondary N) is 1. The van der Waals surface area contributed by atoms with Gasteiger partial charge in [-0.2, -0.15) is 0 Å². The van der Waals surface area contributed by atoms with Gasteiger partial charge < -0.3 is 19.7 Å². The molecule has 0 spiro atoms. The number of pyridine rings is 1. The summed E-state index contributed by atoms with van der Waals surface area (Å²) in [6.07, 6.45) is 3.69. The molecule has 0 saturated carbocycles. The van der Waals surface area contributed by atoms with Crippen LogP contribution in [0, 0.1) is 6.92 Å². The predicted octanol–water partition coefficient (Wildman–Crippen LogP) is 4.37. The minimum Gasteiger partial charge on any atom is -0.490 e. The van der Waals surface area contributed by atoms with Gasteiger partial charge in [-0.15, -0.1) is 0 Å². The van der Waals surface area contributed by atoms with Crippen molar-refractivity contribution in [2.75, 3.05) is 26.9 Å². The molecule has 156 valence electrons. The highest BCUT2D eigenvalue weighted by molar-refractivity contribution is 5.88. The van der Waals surface area contributed by atoms with E-state index in [9.17, 15) is 4.79 Å². The molecule has 1 aliphatic heterocycles. The van der Waals surface area contributed by atoms with Gasteiger partial charge in [0.2, 0.25) is 0 Å². The molecular formula is C24H27N3O3. The lowest BCUT2D eigenvalue weighted by Gasteiger charge is -2.32. The first kappa shape index (κ1) is 20.2. The van der Waals surface area contributed by atoms with Crippen LogP contribution < -0.4 is 10.1 Å². The molecule has 0 aliphatic carbocycles. The van der Waals surface area contributed by atoms with Crippen LogP contribution in [-0.4, -0.2) is 48.9 Å². The Morgan fingerprint density at radius 3 is 2.60 bits per heavy atom. The van der Waals surface area contributed by atoms with Crippen LogP contribution in [-0.2, 0) is 4.74 Å². The molecule has 2 heterocycles. The number of hydrogen-bond acceptors (Lipinski definition) is 4. The van der Waals surface area contributed by atoms with E-state index < -0.39 is 0 Å². The van der Waals surface area contributed by atoms with Gasteiger partial charge in [-0.1, -0.05) is 30.3 Å². The standard InChI is InChI=1S/C24H27N3O3/c1-17-21-5-3-4-6-23(21)25-15-22(17)18-7-9-19(10-8-18)30-20-11-13-27(14-12-20)24(28)26-16-29-2/h3-10,15,20H,11-14,16H2,1-2H3,(H,26,28). The average Bonchev–Trinajstić information content (AvgIpc) is 2.79. The Balaban J connectivity index is 1.38. The number of para-hydroxylation sites is 1. The number of amides is 2. The number of fused-ring (bicyclic) bond motifs is 1. The van der Waals surface area contributed by atoms with Crippen molar-refractivity contribution < 1.29 is 14.3 Å². The molecule has 1 N–H and O–H groups in total. The Kier molecular flexibility index (Phi) is 6.14. The van der Waals surface area contributed by atoms with Crippen LogP contribution in [0.3, 0.4) is 0 Å². The van der Waals surface area contributed by atoms with E-state index in [1.165, 1.54) is 10.9 Å². The van der Waals surface area contributed by atoms with E-state index in [0.29, 0.717) is 13.1 Å². The normalized spacial score (nSPS) is 14.7. The number of likely N-dealkylation sites (tertiary alicyclic amines) is 1. The van der Waals surface area contributed by atoms with Gasteiger partial charge in [-0.05, 0) is 36.2 Å². The molecule has 0 unspecified atom stereocenters. The summed E-state index contributed by atoms with van der Waals surface area (Å²) in [6.45, 7) is 3.73. The average molecular weight is 405 g/mol. The molecular weight excluding hydrogens is 378 g/mol. The maximum atomic E-state index is 12.0. The fourth-order valence-electron chi connectivity index (χ4n) is 3.90. The Bertz CT molecular complexity index is 1010. The number of benzene rings is 2. The third-order valence-corrected chi connectivity index (χ3v) is 5.61. The number of carbonyl (C=O) groups is 1. The number of ether oxygens (including phenoxy) is 2. The molecule has 30 heavy (non-hydrogen) atoms. The molecule has 6 heteroatoms. The quantitative estimate of drug-likeness (QED) is 0.641. The number of methoxy groups -OCH3 is 1. The Morgan fingerprint density at radius 2 is 1.87 bits per heavy atom. The molecule has 2 amide bonds. The summed E-state index contributed by atoms with van der Waals surface area (Å²) in [5.74, 6) is 0.854. The van der Waals surface area contributed by atoms with E-state index in [-0.39, 0.29) is 18.9 Å². The molecule has 2 aromatic carbocycles. The van der Waals surface area contributed by atoms with Crippen molar-refractivity contribution in [3.05, 3.63) is 60.3 Å². The maximum absolute atomic E-state index is 12.0. The number of piperidine rings is 1. The molecule has 3 aromatic rings. The van der Waals surface area contributed by atoms with Gasteiger partial charge >= 0.3 is 6.03 Å². The summed E-state index contributed by atoms with van der Waals surface area (Å²) in [5, 5.41) is 3.90. The van der Waals surface area contributed by atoms with E-state index >= 15 is 0 Å². The topological polar surface area (TPSA) is 63.7 Å². The molecule has 4 rings (SSSR count). The zero-order valence-corrected chi connectivity index (χ0v) is 17.4. The highest BCUT2D eigenvalue weighted by Gasteiger charge is 2.23. The zero-order valence-electron chi connectivity index (χ0n) is 17.4. The molecule has 6 nitrogen and oxygen atoms in total. The second-order valence-corrected chi connectivity index (χ2v) is 7.56. The minimum absolute atomic E-state index is 0.0842. The van der Waals surface area contributed by atoms with Gasteiger partial charge in [0.1, 0.15) is 18.6 Å². The largest absolute Gasteiger partial charge is 0.490 e. The third kappa shape index (κ3) is 4.39. The van der Waals surface area contributed by atoms with Crippen molar-refractivity contribution in [3.8, 4) is 16.9 Å². The first-order valence-corrected chi connectivity index (χ1v) is 10.3. The summed E-state index contributed by atoms with van der Waals surface area (Å²) >= 11 is 0. The van der Waals surface area contributed by atoms with E-state index in [0.717, 1.165) is 35.2 Å². The molecule has 1 fully saturated rings. The SMILES string of the molecule is COCNC(=O)N1CCC(Oc2ccc(-c3cnc4ccccc4c3C)cc2)CC1. The summed E-state index contributed by atoms with van der Waals surface area (Å²) in [6, 6.07) is 16.3. The molecule has 0 radical (unpaired) electrons. The van der Waals surface area contributed by atoms with Gasteiger partial charge in [0.05, 0.1) is 5.52 Å². The fourth-order valence-corrected chi connectivity index (χ4v) is 3.90. The fraction of sp³-hybridized carbons (Fsp3) is 0.333. The molecule has 1 aliphatic rings. The zero-order chi connectivity index (χ0) is 20.9. The van der Waals surface area contributed by atoms with Gasteiger partial charge in [-0.3, -0.25) is 4.98 Å². The lowest BCUT2D eigenvalue weighted by atomic mass is 9.99. The first-order chi connectivity index (χ1) is 14.7. The summed E-state index contributed by atoms with van der Waals surface area (Å²) in [5.41, 5.74) is 4.51. The summed E-state index contributed by atoms with van der Waals surface area (Å²) in [7, 11) is 1.56. The number of nitrogens with zero attached hydrogens (tertiary/aromatic N) is 2. The van der Waals surface area contributed by atoms with Gasteiger partial charge in [0.25, 0.3) is 0 Å². The molecule has 1 saturated heterocycles. The van der Waals surface area contributed by atoms with Gasteiger partial charge in [0, 0.05) is 50.2 Å². The number of aryl methyl sites for hydroxylation is 1. The number of rotatable bonds is 5. The lowest BCUT2D eigenvalue weighted by Crippen LogP contribution is -2.46. The van der Waals surface area contributed by atoms with Crippen molar-refractivity contribution >= 4 is 16.9 Å². The number of carbonyl (C=O) groups excluding carboxylic acids is 1. The minimum atomic E-state index is -0.0842. The van der Waals surface area contributed by atoms with Crippen LogP contribution in [0.5, 0.6) is 5.75 Å². The second kappa shape index (κ2) is 9.13.